The van der Waals surface area contributed by atoms with Crippen molar-refractivity contribution in [2.24, 2.45) is 5.11 Å². The summed E-state index contributed by atoms with van der Waals surface area (Å²) >= 11 is 0. The van der Waals surface area contributed by atoms with E-state index in [0.29, 0.717) is 0 Å². The van der Waals surface area contributed by atoms with Gasteiger partial charge >= 0.3 is 15.6 Å². The molecule has 0 bridgehead atoms. The lowest BCUT2D eigenvalue weighted by molar-refractivity contribution is -0.242. The monoisotopic (exact) mass is 630 g/mol. The van der Waals surface area contributed by atoms with E-state index in [9.17, 15) is 49.2 Å². The minimum absolute atomic E-state index is 0.122. The molecule has 2 fully saturated rings. The Bertz CT molecular complexity index is 1470. The number of aromatic amines is 1. The van der Waals surface area contributed by atoms with Crippen molar-refractivity contribution in [2.75, 3.05) is 18.9 Å². The van der Waals surface area contributed by atoms with Crippen LogP contribution in [0.5, 0.6) is 0 Å². The first-order valence-electron chi connectivity index (χ1n) is 11.3. The minimum atomic E-state index is -5.64. The highest BCUT2D eigenvalue weighted by Crippen LogP contribution is 2.61. The van der Waals surface area contributed by atoms with E-state index in [0.717, 1.165) is 10.9 Å². The van der Waals surface area contributed by atoms with E-state index in [1.54, 1.807) is 0 Å². The van der Waals surface area contributed by atoms with E-state index in [1.807, 2.05) is 0 Å². The zero-order chi connectivity index (χ0) is 30.3. The second kappa shape index (κ2) is 12.0. The SMILES string of the molecule is [N-]=[N+]=N[C@@H]1[C@@H](OP(=O)(O)OP(=O)(O)OC[C@H]2O[C@@H](n3cnc4c(=O)[nH]c(N)nc43)[C@H](O)[C@@H]2O)O[C@H](CO)[C@@H](O)[C@@H]1O. The van der Waals surface area contributed by atoms with Crippen LogP contribution in [0.25, 0.3) is 21.6 Å². The van der Waals surface area contributed by atoms with E-state index >= 15 is 0 Å². The molecule has 0 spiro atoms. The van der Waals surface area contributed by atoms with E-state index < -0.39 is 89.6 Å². The van der Waals surface area contributed by atoms with E-state index in [4.69, 9.17) is 20.7 Å². The predicted octanol–water partition coefficient (Wildman–Crippen LogP) is -3.31. The number of nitrogen functional groups attached to an aromatic ring is 1. The summed E-state index contributed by atoms with van der Waals surface area (Å²) in [6.07, 6.45) is -12.9. The van der Waals surface area contributed by atoms with Crippen molar-refractivity contribution in [3.63, 3.8) is 0 Å². The Hall–Kier alpha value is -2.56. The van der Waals surface area contributed by atoms with Crippen LogP contribution >= 0.6 is 15.6 Å². The predicted molar refractivity (Wildman–Crippen MR) is 127 cm³/mol. The molecule has 0 saturated carbocycles. The molecule has 11 atom stereocenters. The third-order valence-corrected chi connectivity index (χ3v) is 8.54. The molecule has 4 rings (SSSR count). The maximum absolute atomic E-state index is 12.4. The molecule has 228 valence electrons. The number of aliphatic hydroxyl groups is 5. The highest BCUT2D eigenvalue weighted by atomic mass is 31.3. The first kappa shape index (κ1) is 31.4. The number of phosphoric ester groups is 2. The van der Waals surface area contributed by atoms with Crippen LogP contribution in [0.2, 0.25) is 0 Å². The number of nitrogens with one attached hydrogen (secondary N) is 1. The number of imidazole rings is 1. The molecule has 2 aromatic rings. The maximum Gasteiger partial charge on any atom is 0.483 e. The van der Waals surface area contributed by atoms with Crippen LogP contribution in [0.1, 0.15) is 6.23 Å². The van der Waals surface area contributed by atoms with Crippen molar-refractivity contribution >= 4 is 32.8 Å². The minimum Gasteiger partial charge on any atom is -0.394 e. The van der Waals surface area contributed by atoms with Gasteiger partial charge in [-0.05, 0) is 5.53 Å². The van der Waals surface area contributed by atoms with E-state index in [2.05, 4.69) is 38.3 Å². The molecule has 0 amide bonds. The summed E-state index contributed by atoms with van der Waals surface area (Å²) in [4.78, 5) is 44.3. The number of H-pyrrole nitrogens is 1. The number of phosphoric acid groups is 2. The molecule has 0 aliphatic carbocycles. The highest BCUT2D eigenvalue weighted by Gasteiger charge is 2.50. The number of aromatic nitrogens is 4. The van der Waals surface area contributed by atoms with Crippen molar-refractivity contribution in [1.82, 2.24) is 19.5 Å². The summed E-state index contributed by atoms with van der Waals surface area (Å²) in [7, 11) is -11.2. The largest absolute Gasteiger partial charge is 0.483 e. The number of aliphatic hydroxyl groups excluding tert-OH is 5. The number of hydrogen-bond donors (Lipinski definition) is 9. The molecule has 23 nitrogen and oxygen atoms in total. The van der Waals surface area contributed by atoms with Gasteiger partial charge in [0.25, 0.3) is 5.56 Å². The van der Waals surface area contributed by atoms with Gasteiger partial charge in [0.1, 0.15) is 36.6 Å². The average Bonchev–Trinajstić information content (AvgIpc) is 3.42. The van der Waals surface area contributed by atoms with Crippen LogP contribution in [-0.4, -0.2) is 117 Å². The number of anilines is 1. The molecule has 4 heterocycles. The second-order valence-corrected chi connectivity index (χ2v) is 11.6. The fourth-order valence-corrected chi connectivity index (χ4v) is 6.19. The molecule has 41 heavy (non-hydrogen) atoms. The molecule has 25 heteroatoms. The zero-order valence-electron chi connectivity index (χ0n) is 20.2. The van der Waals surface area contributed by atoms with Crippen LogP contribution in [0.15, 0.2) is 16.2 Å². The summed E-state index contributed by atoms with van der Waals surface area (Å²) in [5, 5.41) is 53.1. The third-order valence-electron chi connectivity index (χ3n) is 5.94. The van der Waals surface area contributed by atoms with E-state index in [-0.39, 0.29) is 17.1 Å². The number of ether oxygens (including phenoxy) is 2. The van der Waals surface area contributed by atoms with Gasteiger partial charge in [0.15, 0.2) is 23.7 Å². The average molecular weight is 630 g/mol. The van der Waals surface area contributed by atoms with Gasteiger partial charge in [0.2, 0.25) is 5.95 Å². The Kier molecular flexibility index (Phi) is 9.16. The van der Waals surface area contributed by atoms with Crippen molar-refractivity contribution in [3.05, 3.63) is 27.1 Å². The molecule has 0 radical (unpaired) electrons. The fraction of sp³-hybridized carbons (Fsp3) is 0.688. The number of fused-ring (bicyclic) bond motifs is 1. The van der Waals surface area contributed by atoms with Gasteiger partial charge in [-0.15, -0.1) is 0 Å². The Labute approximate surface area is 226 Å². The van der Waals surface area contributed by atoms with Gasteiger partial charge in [-0.1, -0.05) is 5.11 Å². The third kappa shape index (κ3) is 6.60. The fourth-order valence-electron chi connectivity index (χ4n) is 4.03. The summed E-state index contributed by atoms with van der Waals surface area (Å²) < 4.78 is 49.7. The van der Waals surface area contributed by atoms with Crippen LogP contribution in [0, 0.1) is 0 Å². The molecule has 2 aliphatic heterocycles. The smallest absolute Gasteiger partial charge is 0.394 e. The van der Waals surface area contributed by atoms with E-state index in [1.165, 1.54) is 0 Å². The van der Waals surface area contributed by atoms with Crippen molar-refractivity contribution < 1.29 is 67.3 Å². The maximum atomic E-state index is 12.4. The first-order chi connectivity index (χ1) is 19.2. The van der Waals surface area contributed by atoms with Gasteiger partial charge in [0.05, 0.1) is 25.6 Å². The van der Waals surface area contributed by atoms with Crippen LogP contribution in [-0.2, 0) is 32.0 Å². The summed E-state index contributed by atoms with van der Waals surface area (Å²) in [5.74, 6) is -0.284. The van der Waals surface area contributed by atoms with Crippen molar-refractivity contribution in [3.8, 4) is 0 Å². The molecule has 2 aromatic heterocycles. The van der Waals surface area contributed by atoms with Gasteiger partial charge in [-0.3, -0.25) is 23.4 Å². The highest BCUT2D eigenvalue weighted by molar-refractivity contribution is 7.61. The Balaban J connectivity index is 1.42. The van der Waals surface area contributed by atoms with Crippen LogP contribution in [0.4, 0.5) is 5.95 Å². The number of nitrogens with two attached hydrogens (primary N) is 1. The Morgan fingerprint density at radius 3 is 2.46 bits per heavy atom. The number of nitrogens with zero attached hydrogens (tertiary/aromatic N) is 6. The lowest BCUT2D eigenvalue weighted by atomic mass is 9.98. The van der Waals surface area contributed by atoms with Gasteiger partial charge < -0.3 is 50.5 Å². The van der Waals surface area contributed by atoms with Crippen LogP contribution in [0.3, 0.4) is 0 Å². The Morgan fingerprint density at radius 2 is 1.80 bits per heavy atom. The molecule has 0 aromatic carbocycles. The number of azide groups is 1. The molecule has 2 unspecified atom stereocenters. The standard InChI is InChI=1S/C16H24N8O15P2/c17-16-20-12-7(13(30)21-16)19-3-24(12)14-11(29)9(27)5(36-14)2-35-40(31,32)39-41(33,34)38-15-6(22-23-18)10(28)8(26)4(1-25)37-15/h3-6,8-11,14-15,25-29H,1-2H2,(H,31,32)(H,33,34)(H3,17,20,21,30)/t4-,5-,6+,8-,9-,10-,11-,14-,15-/m1/s1. The molecular formula is C16H24N8O15P2. The topological polar surface area (TPSA) is 360 Å². The first-order valence-corrected chi connectivity index (χ1v) is 14.3. The summed E-state index contributed by atoms with van der Waals surface area (Å²) in [6.45, 7) is -1.92. The molecule has 2 aliphatic rings. The Morgan fingerprint density at radius 1 is 1.12 bits per heavy atom. The normalized spacial score (nSPS) is 35.0. The lowest BCUT2D eigenvalue weighted by Gasteiger charge is -2.40. The molecule has 10 N–H and O–H groups in total. The molecular weight excluding hydrogens is 606 g/mol. The second-order valence-electron chi connectivity index (χ2n) is 8.64. The number of hydrogen-bond acceptors (Lipinski definition) is 17. The van der Waals surface area contributed by atoms with Crippen molar-refractivity contribution in [1.29, 1.82) is 0 Å². The van der Waals surface area contributed by atoms with Gasteiger partial charge in [0, 0.05) is 4.91 Å². The van der Waals surface area contributed by atoms with Gasteiger partial charge in [-0.2, -0.15) is 9.29 Å². The van der Waals surface area contributed by atoms with Crippen LogP contribution < -0.4 is 11.3 Å². The summed E-state index contributed by atoms with van der Waals surface area (Å²) in [6, 6.07) is -1.86. The molecule has 2 saturated heterocycles. The van der Waals surface area contributed by atoms with Gasteiger partial charge in [-0.25, -0.2) is 14.1 Å². The summed E-state index contributed by atoms with van der Waals surface area (Å²) in [5.41, 5.74) is 13.2. The van der Waals surface area contributed by atoms with Crippen molar-refractivity contribution in [2.45, 2.75) is 55.2 Å². The lowest BCUT2D eigenvalue weighted by Crippen LogP contribution is -2.58. The quantitative estimate of drug-likeness (QED) is 0.0536. The number of rotatable bonds is 10. The zero-order valence-corrected chi connectivity index (χ0v) is 22.0.